The Morgan fingerprint density at radius 1 is 0.800 bits per heavy atom. The molecule has 0 aromatic heterocycles. The molecule has 0 bridgehead atoms. The largest absolute Gasteiger partial charge is 0.508 e. The number of hydrogen-bond acceptors (Lipinski definition) is 9. The summed E-state index contributed by atoms with van der Waals surface area (Å²) in [6.07, 6.45) is -0.754. The van der Waals surface area contributed by atoms with Gasteiger partial charge in [0.1, 0.15) is 29.4 Å². The van der Waals surface area contributed by atoms with E-state index in [4.69, 9.17) is 11.5 Å². The van der Waals surface area contributed by atoms with E-state index in [2.05, 4.69) is 26.6 Å². The summed E-state index contributed by atoms with van der Waals surface area (Å²) in [7, 11) is 0. The van der Waals surface area contributed by atoms with Gasteiger partial charge < -0.3 is 48.3 Å². The number of phenolic OH excluding ortho intramolecular Hbond substituents is 1. The molecule has 1 aromatic carbocycles. The van der Waals surface area contributed by atoms with Crippen LogP contribution in [-0.2, 0) is 40.0 Å². The van der Waals surface area contributed by atoms with Crippen molar-refractivity contribution in [3.8, 4) is 5.75 Å². The predicted octanol–water partition coefficient (Wildman–Crippen LogP) is -2.00. The summed E-state index contributed by atoms with van der Waals surface area (Å²) in [5, 5.41) is 30.9. The number of carboxylic acid groups (broad SMARTS) is 1. The van der Waals surface area contributed by atoms with E-state index in [0.717, 1.165) is 0 Å². The van der Waals surface area contributed by atoms with Crippen LogP contribution in [0.4, 0.5) is 0 Å². The molecule has 0 saturated carbocycles. The van der Waals surface area contributed by atoms with Gasteiger partial charge in [0, 0.05) is 0 Å². The molecule has 45 heavy (non-hydrogen) atoms. The first kappa shape index (κ1) is 38.3. The number of rotatable bonds is 17. The number of hydrogen-bond donors (Lipinski definition) is 9. The highest BCUT2D eigenvalue weighted by Gasteiger charge is 2.37. The number of aromatic hydroxyl groups is 1. The first-order valence-electron chi connectivity index (χ1n) is 14.3. The van der Waals surface area contributed by atoms with E-state index in [1.807, 2.05) is 0 Å². The van der Waals surface area contributed by atoms with E-state index < -0.39 is 95.9 Å². The fourth-order valence-electron chi connectivity index (χ4n) is 4.01. The first-order valence-corrected chi connectivity index (χ1v) is 14.3. The second-order valence-corrected chi connectivity index (χ2v) is 11.9. The van der Waals surface area contributed by atoms with Crippen molar-refractivity contribution in [3.63, 3.8) is 0 Å². The highest BCUT2D eigenvalue weighted by molar-refractivity contribution is 5.98. The number of benzene rings is 1. The van der Waals surface area contributed by atoms with E-state index in [1.165, 1.54) is 26.0 Å². The fraction of sp³-hybridized carbons (Fsp3) is 0.552. The number of carbonyl (C=O) groups is 7. The summed E-state index contributed by atoms with van der Waals surface area (Å²) in [4.78, 5) is 87.4. The molecule has 16 nitrogen and oxygen atoms in total. The van der Waals surface area contributed by atoms with Crippen LogP contribution >= 0.6 is 0 Å². The number of nitrogens with two attached hydrogens (primary N) is 2. The van der Waals surface area contributed by atoms with Gasteiger partial charge in [0.15, 0.2) is 0 Å². The lowest BCUT2D eigenvalue weighted by molar-refractivity contribution is -0.142. The van der Waals surface area contributed by atoms with E-state index in [9.17, 15) is 43.8 Å². The molecule has 0 unspecified atom stereocenters. The molecule has 0 aliphatic carbocycles. The van der Waals surface area contributed by atoms with E-state index in [-0.39, 0.29) is 12.2 Å². The van der Waals surface area contributed by atoms with Gasteiger partial charge in [0.05, 0.1) is 19.0 Å². The summed E-state index contributed by atoms with van der Waals surface area (Å²) in [6, 6.07) is 0.984. The summed E-state index contributed by atoms with van der Waals surface area (Å²) >= 11 is 0. The summed E-state index contributed by atoms with van der Waals surface area (Å²) in [5.41, 5.74) is 10.1. The third-order valence-corrected chi connectivity index (χ3v) is 6.66. The standard InChI is InChI=1S/C29H45N7O9/c1-14(2)22(26(43)32-13-20(31)38)35-27(44)23(15(3)4)34-25(42)19(12-21(39)40)33-28(45)29(5,6)36-24(41)18(30)11-16-7-9-17(37)10-8-16/h7-10,14-15,18-19,22-23,37H,11-13,30H2,1-6H3,(H2,31,38)(H,32,43)(H,33,45)(H,34,42)(H,35,44)(H,36,41)(H,39,40)/t18-,19-,22-,23-/m0/s1. The zero-order valence-electron chi connectivity index (χ0n) is 26.3. The van der Waals surface area contributed by atoms with Crippen molar-refractivity contribution in [3.05, 3.63) is 29.8 Å². The Morgan fingerprint density at radius 2 is 1.31 bits per heavy atom. The Morgan fingerprint density at radius 3 is 1.80 bits per heavy atom. The number of phenols is 1. The minimum atomic E-state index is -1.65. The minimum Gasteiger partial charge on any atom is -0.508 e. The van der Waals surface area contributed by atoms with Crippen LogP contribution in [0, 0.1) is 11.8 Å². The summed E-state index contributed by atoms with van der Waals surface area (Å²) in [6.45, 7) is 8.74. The number of primary amides is 1. The second kappa shape index (κ2) is 16.9. The van der Waals surface area contributed by atoms with Crippen molar-refractivity contribution in [1.29, 1.82) is 0 Å². The van der Waals surface area contributed by atoms with Gasteiger partial charge in [-0.15, -0.1) is 0 Å². The molecule has 6 amide bonds. The molecule has 11 N–H and O–H groups in total. The molecule has 0 aliphatic rings. The third-order valence-electron chi connectivity index (χ3n) is 6.66. The fourth-order valence-corrected chi connectivity index (χ4v) is 4.01. The average molecular weight is 636 g/mol. The normalized spacial score (nSPS) is 14.0. The third kappa shape index (κ3) is 12.8. The topological polar surface area (TPSA) is 272 Å². The zero-order valence-corrected chi connectivity index (χ0v) is 26.3. The molecule has 0 saturated heterocycles. The monoisotopic (exact) mass is 635 g/mol. The van der Waals surface area contributed by atoms with Gasteiger partial charge in [0.25, 0.3) is 0 Å². The Hall–Kier alpha value is -4.73. The number of amides is 6. The maximum absolute atomic E-state index is 13.2. The Labute approximate surface area is 261 Å². The van der Waals surface area contributed by atoms with Gasteiger partial charge in [-0.25, -0.2) is 0 Å². The molecular formula is C29H45N7O9. The highest BCUT2D eigenvalue weighted by atomic mass is 16.4. The second-order valence-electron chi connectivity index (χ2n) is 11.9. The van der Waals surface area contributed by atoms with Crippen LogP contribution in [0.5, 0.6) is 5.75 Å². The molecule has 0 aliphatic heterocycles. The van der Waals surface area contributed by atoms with E-state index in [0.29, 0.717) is 5.56 Å². The van der Waals surface area contributed by atoms with Crippen molar-refractivity contribution in [2.24, 2.45) is 23.3 Å². The maximum atomic E-state index is 13.2. The van der Waals surface area contributed by atoms with E-state index in [1.54, 1.807) is 39.8 Å². The van der Waals surface area contributed by atoms with Gasteiger partial charge in [0.2, 0.25) is 35.4 Å². The van der Waals surface area contributed by atoms with Crippen molar-refractivity contribution in [1.82, 2.24) is 26.6 Å². The number of nitrogens with one attached hydrogen (secondary N) is 5. The number of carbonyl (C=O) groups excluding carboxylic acids is 6. The summed E-state index contributed by atoms with van der Waals surface area (Å²) < 4.78 is 0. The van der Waals surface area contributed by atoms with Crippen molar-refractivity contribution in [2.75, 3.05) is 6.54 Å². The molecule has 0 spiro atoms. The highest BCUT2D eigenvalue weighted by Crippen LogP contribution is 2.12. The smallest absolute Gasteiger partial charge is 0.305 e. The predicted molar refractivity (Wildman–Crippen MR) is 162 cm³/mol. The Balaban J connectivity index is 3.01. The lowest BCUT2D eigenvalue weighted by Gasteiger charge is -2.30. The average Bonchev–Trinajstić information content (AvgIpc) is 2.92. The van der Waals surface area contributed by atoms with Crippen LogP contribution < -0.4 is 38.1 Å². The molecule has 250 valence electrons. The van der Waals surface area contributed by atoms with Gasteiger partial charge in [-0.05, 0) is 49.8 Å². The molecule has 4 atom stereocenters. The van der Waals surface area contributed by atoms with Crippen LogP contribution in [0.1, 0.15) is 53.5 Å². The van der Waals surface area contributed by atoms with Crippen LogP contribution in [0.25, 0.3) is 0 Å². The van der Waals surface area contributed by atoms with Gasteiger partial charge in [-0.1, -0.05) is 39.8 Å². The van der Waals surface area contributed by atoms with Crippen LogP contribution in [0.2, 0.25) is 0 Å². The van der Waals surface area contributed by atoms with Gasteiger partial charge in [-0.3, -0.25) is 33.6 Å². The van der Waals surface area contributed by atoms with Crippen molar-refractivity contribution >= 4 is 41.4 Å². The first-order chi connectivity index (χ1) is 20.7. The van der Waals surface area contributed by atoms with Crippen molar-refractivity contribution < 1.29 is 43.8 Å². The Kier molecular flexibility index (Phi) is 14.4. The SMILES string of the molecule is CC(C)[C@H](NC(=O)[C@H](CC(=O)O)NC(=O)C(C)(C)NC(=O)[C@@H](N)Cc1ccc(O)cc1)C(=O)N[C@H](C(=O)NCC(N)=O)C(C)C. The molecule has 0 fully saturated rings. The lowest BCUT2D eigenvalue weighted by Crippen LogP contribution is -2.63. The van der Waals surface area contributed by atoms with Crippen molar-refractivity contribution in [2.45, 2.75) is 84.1 Å². The van der Waals surface area contributed by atoms with Gasteiger partial charge in [-0.2, -0.15) is 0 Å². The van der Waals surface area contributed by atoms with Crippen LogP contribution in [0.3, 0.4) is 0 Å². The molecule has 1 rings (SSSR count). The zero-order chi connectivity index (χ0) is 34.6. The number of aliphatic carboxylic acids is 1. The maximum Gasteiger partial charge on any atom is 0.305 e. The van der Waals surface area contributed by atoms with Crippen LogP contribution in [0.15, 0.2) is 24.3 Å². The molecule has 0 radical (unpaired) electrons. The molecule has 0 heterocycles. The molecular weight excluding hydrogens is 590 g/mol. The lowest BCUT2D eigenvalue weighted by atomic mass is 9.98. The summed E-state index contributed by atoms with van der Waals surface area (Å²) in [5.74, 6) is -7.15. The minimum absolute atomic E-state index is 0.0408. The van der Waals surface area contributed by atoms with Gasteiger partial charge >= 0.3 is 5.97 Å². The molecule has 1 aromatic rings. The molecule has 16 heteroatoms. The van der Waals surface area contributed by atoms with Crippen LogP contribution in [-0.4, -0.2) is 87.9 Å². The number of carboxylic acids is 1. The Bertz CT molecular complexity index is 1250. The quantitative estimate of drug-likeness (QED) is 0.0908. The van der Waals surface area contributed by atoms with E-state index >= 15 is 0 Å².